The Kier molecular flexibility index (Phi) is 6.54. The summed E-state index contributed by atoms with van der Waals surface area (Å²) < 4.78 is 5.90. The van der Waals surface area contributed by atoms with Crippen LogP contribution in [-0.4, -0.2) is 30.4 Å². The van der Waals surface area contributed by atoms with Crippen LogP contribution in [0.2, 0.25) is 0 Å². The SMILES string of the molecule is Cc1c([C@H](C)NC(=O)CCNC(=O)N(C)Cc2ccccc2)oc2ccccc12. The van der Waals surface area contributed by atoms with Crippen molar-refractivity contribution in [3.63, 3.8) is 0 Å². The van der Waals surface area contributed by atoms with Gasteiger partial charge in [0.05, 0.1) is 6.04 Å². The first-order valence-electron chi connectivity index (χ1n) is 9.76. The fourth-order valence-electron chi connectivity index (χ4n) is 3.33. The van der Waals surface area contributed by atoms with E-state index in [1.165, 1.54) is 0 Å². The maximum absolute atomic E-state index is 12.3. The van der Waals surface area contributed by atoms with Crippen molar-refractivity contribution in [3.8, 4) is 0 Å². The van der Waals surface area contributed by atoms with Crippen LogP contribution >= 0.6 is 0 Å². The van der Waals surface area contributed by atoms with Crippen molar-refractivity contribution in [2.45, 2.75) is 32.9 Å². The molecule has 0 bridgehead atoms. The topological polar surface area (TPSA) is 74.6 Å². The summed E-state index contributed by atoms with van der Waals surface area (Å²) in [6.45, 7) is 4.68. The molecule has 0 aliphatic carbocycles. The third-order valence-electron chi connectivity index (χ3n) is 4.89. The molecule has 0 radical (unpaired) electrons. The summed E-state index contributed by atoms with van der Waals surface area (Å²) in [5, 5.41) is 6.78. The lowest BCUT2D eigenvalue weighted by molar-refractivity contribution is -0.121. The number of amides is 3. The van der Waals surface area contributed by atoms with E-state index in [0.717, 1.165) is 27.9 Å². The fraction of sp³-hybridized carbons (Fsp3) is 0.304. The Morgan fingerprint density at radius 3 is 2.48 bits per heavy atom. The number of para-hydroxylation sites is 1. The lowest BCUT2D eigenvalue weighted by Crippen LogP contribution is -2.39. The van der Waals surface area contributed by atoms with Crippen LogP contribution in [0.15, 0.2) is 59.0 Å². The monoisotopic (exact) mass is 393 g/mol. The van der Waals surface area contributed by atoms with Crippen molar-refractivity contribution in [2.24, 2.45) is 0 Å². The first-order chi connectivity index (χ1) is 14.0. The second-order valence-corrected chi connectivity index (χ2v) is 7.20. The van der Waals surface area contributed by atoms with Crippen LogP contribution in [0.5, 0.6) is 0 Å². The van der Waals surface area contributed by atoms with Crippen molar-refractivity contribution in [1.82, 2.24) is 15.5 Å². The molecule has 1 aromatic heterocycles. The molecular weight excluding hydrogens is 366 g/mol. The van der Waals surface area contributed by atoms with Gasteiger partial charge in [0.25, 0.3) is 0 Å². The number of nitrogens with zero attached hydrogens (tertiary/aromatic N) is 1. The minimum absolute atomic E-state index is 0.136. The standard InChI is InChI=1S/C23H27N3O3/c1-16-19-11-7-8-12-20(19)29-22(16)17(2)25-21(27)13-14-24-23(28)26(3)15-18-9-5-4-6-10-18/h4-12,17H,13-15H2,1-3H3,(H,24,28)(H,25,27)/t17-/m0/s1. The summed E-state index contributed by atoms with van der Waals surface area (Å²) in [7, 11) is 1.73. The van der Waals surface area contributed by atoms with Crippen molar-refractivity contribution in [3.05, 3.63) is 71.5 Å². The van der Waals surface area contributed by atoms with Crippen molar-refractivity contribution in [2.75, 3.05) is 13.6 Å². The molecule has 3 rings (SSSR count). The third-order valence-corrected chi connectivity index (χ3v) is 4.89. The number of fused-ring (bicyclic) bond motifs is 1. The number of furan rings is 1. The molecular formula is C23H27N3O3. The molecule has 2 N–H and O–H groups in total. The van der Waals surface area contributed by atoms with E-state index >= 15 is 0 Å². The summed E-state index contributed by atoms with van der Waals surface area (Å²) in [6.07, 6.45) is 0.203. The van der Waals surface area contributed by atoms with Gasteiger partial charge in [0, 0.05) is 37.5 Å². The normalized spacial score (nSPS) is 11.8. The van der Waals surface area contributed by atoms with E-state index in [2.05, 4.69) is 10.6 Å². The molecule has 29 heavy (non-hydrogen) atoms. The highest BCUT2D eigenvalue weighted by Crippen LogP contribution is 2.29. The summed E-state index contributed by atoms with van der Waals surface area (Å²) in [5.41, 5.74) is 2.90. The van der Waals surface area contributed by atoms with Gasteiger partial charge in [-0.2, -0.15) is 0 Å². The van der Waals surface area contributed by atoms with E-state index in [4.69, 9.17) is 4.42 Å². The van der Waals surface area contributed by atoms with E-state index < -0.39 is 0 Å². The van der Waals surface area contributed by atoms with Crippen molar-refractivity contribution in [1.29, 1.82) is 0 Å². The van der Waals surface area contributed by atoms with Crippen LogP contribution in [0.3, 0.4) is 0 Å². The van der Waals surface area contributed by atoms with Gasteiger partial charge in [-0.3, -0.25) is 4.79 Å². The quantitative estimate of drug-likeness (QED) is 0.633. The minimum atomic E-state index is -0.244. The predicted octanol–water partition coefficient (Wildman–Crippen LogP) is 4.15. The molecule has 6 nitrogen and oxygen atoms in total. The summed E-state index contributed by atoms with van der Waals surface area (Å²) in [4.78, 5) is 26.1. The van der Waals surface area contributed by atoms with Crippen LogP contribution in [-0.2, 0) is 11.3 Å². The van der Waals surface area contributed by atoms with Gasteiger partial charge >= 0.3 is 6.03 Å². The van der Waals surface area contributed by atoms with Gasteiger partial charge in [0.2, 0.25) is 5.91 Å². The van der Waals surface area contributed by atoms with Crippen LogP contribution in [0, 0.1) is 6.92 Å². The van der Waals surface area contributed by atoms with E-state index in [9.17, 15) is 9.59 Å². The molecule has 0 aliphatic rings. The van der Waals surface area contributed by atoms with Gasteiger partial charge in [0.15, 0.2) is 0 Å². The molecule has 3 aromatic rings. The van der Waals surface area contributed by atoms with Gasteiger partial charge < -0.3 is 20.0 Å². The zero-order valence-corrected chi connectivity index (χ0v) is 17.1. The predicted molar refractivity (Wildman–Crippen MR) is 113 cm³/mol. The van der Waals surface area contributed by atoms with Gasteiger partial charge in [0.1, 0.15) is 11.3 Å². The number of urea groups is 1. The van der Waals surface area contributed by atoms with Crippen molar-refractivity contribution >= 4 is 22.9 Å². The lowest BCUT2D eigenvalue weighted by Gasteiger charge is -2.18. The molecule has 2 aromatic carbocycles. The Morgan fingerprint density at radius 2 is 1.76 bits per heavy atom. The molecule has 0 unspecified atom stereocenters. The highest BCUT2D eigenvalue weighted by Gasteiger charge is 2.18. The molecule has 0 spiro atoms. The second kappa shape index (κ2) is 9.28. The molecule has 1 atom stereocenters. The fourth-order valence-corrected chi connectivity index (χ4v) is 3.33. The average molecular weight is 393 g/mol. The van der Waals surface area contributed by atoms with Gasteiger partial charge in [-0.15, -0.1) is 0 Å². The van der Waals surface area contributed by atoms with E-state index in [-0.39, 0.29) is 30.9 Å². The molecule has 1 heterocycles. The summed E-state index contributed by atoms with van der Waals surface area (Å²) >= 11 is 0. The Bertz CT molecular complexity index is 981. The lowest BCUT2D eigenvalue weighted by atomic mass is 10.1. The molecule has 6 heteroatoms. The number of aryl methyl sites for hydroxylation is 1. The van der Waals surface area contributed by atoms with Crippen LogP contribution in [0.25, 0.3) is 11.0 Å². The number of nitrogens with one attached hydrogen (secondary N) is 2. The zero-order valence-electron chi connectivity index (χ0n) is 17.1. The third kappa shape index (κ3) is 5.16. The number of carbonyl (C=O) groups excluding carboxylic acids is 2. The Balaban J connectivity index is 1.45. The maximum Gasteiger partial charge on any atom is 0.317 e. The maximum atomic E-state index is 12.3. The van der Waals surface area contributed by atoms with E-state index in [0.29, 0.717) is 6.54 Å². The number of rotatable bonds is 7. The Morgan fingerprint density at radius 1 is 1.07 bits per heavy atom. The first kappa shape index (κ1) is 20.5. The largest absolute Gasteiger partial charge is 0.459 e. The highest BCUT2D eigenvalue weighted by molar-refractivity contribution is 5.83. The average Bonchev–Trinajstić information content (AvgIpc) is 3.05. The van der Waals surface area contributed by atoms with E-state index in [1.807, 2.05) is 68.4 Å². The molecule has 0 saturated heterocycles. The second-order valence-electron chi connectivity index (χ2n) is 7.20. The number of hydrogen-bond donors (Lipinski definition) is 2. The van der Waals surface area contributed by atoms with E-state index in [1.54, 1.807) is 11.9 Å². The smallest absolute Gasteiger partial charge is 0.317 e. The molecule has 0 saturated carbocycles. The Hall–Kier alpha value is -3.28. The molecule has 0 fully saturated rings. The molecule has 152 valence electrons. The first-order valence-corrected chi connectivity index (χ1v) is 9.76. The van der Waals surface area contributed by atoms with Crippen LogP contribution < -0.4 is 10.6 Å². The zero-order chi connectivity index (χ0) is 20.8. The molecule has 3 amide bonds. The van der Waals surface area contributed by atoms with Crippen LogP contribution in [0.1, 0.15) is 36.3 Å². The highest BCUT2D eigenvalue weighted by atomic mass is 16.3. The number of hydrogen-bond acceptors (Lipinski definition) is 3. The summed E-state index contributed by atoms with van der Waals surface area (Å²) in [5.74, 6) is 0.620. The Labute approximate surface area is 170 Å². The minimum Gasteiger partial charge on any atom is -0.459 e. The van der Waals surface area contributed by atoms with Gasteiger partial charge in [-0.1, -0.05) is 48.5 Å². The van der Waals surface area contributed by atoms with Gasteiger partial charge in [-0.25, -0.2) is 4.79 Å². The number of benzene rings is 2. The summed E-state index contributed by atoms with van der Waals surface area (Å²) in [6, 6.07) is 17.1. The van der Waals surface area contributed by atoms with Crippen LogP contribution in [0.4, 0.5) is 4.79 Å². The van der Waals surface area contributed by atoms with Crippen molar-refractivity contribution < 1.29 is 14.0 Å². The molecule has 0 aliphatic heterocycles. The number of carbonyl (C=O) groups is 2. The van der Waals surface area contributed by atoms with Gasteiger partial charge in [-0.05, 0) is 25.5 Å².